The summed E-state index contributed by atoms with van der Waals surface area (Å²) in [5.74, 6) is 2.92. The quantitative estimate of drug-likeness (QED) is 0.828. The molecule has 0 unspecified atom stereocenters. The largest absolute Gasteiger partial charge is 0.508 e. The van der Waals surface area contributed by atoms with Crippen molar-refractivity contribution < 1.29 is 5.11 Å². The average Bonchev–Trinajstić information content (AvgIpc) is 2.36. The fourth-order valence-corrected chi connectivity index (χ4v) is 5.45. The van der Waals surface area contributed by atoms with Gasteiger partial charge in [0.15, 0.2) is 0 Å². The number of benzene rings is 1. The third-order valence-corrected chi connectivity index (χ3v) is 5.70. The number of nitrogens with zero attached hydrogens (tertiary/aromatic N) is 1. The van der Waals surface area contributed by atoms with Crippen LogP contribution in [0.4, 0.5) is 0 Å². The summed E-state index contributed by atoms with van der Waals surface area (Å²) in [6.45, 7) is 0. The molecule has 4 bridgehead atoms. The van der Waals surface area contributed by atoms with Gasteiger partial charge in [-0.25, -0.2) is 0 Å². The highest BCUT2D eigenvalue weighted by Gasteiger charge is 2.51. The molecule has 2 heteroatoms. The van der Waals surface area contributed by atoms with Gasteiger partial charge in [0.05, 0.1) is 11.6 Å². The lowest BCUT2D eigenvalue weighted by Crippen LogP contribution is -2.48. The minimum atomic E-state index is 0.254. The molecular formula is C17H19NO. The Hall–Kier alpha value is -1.49. The number of hydrogen-bond donors (Lipinski definition) is 1. The van der Waals surface area contributed by atoms with Gasteiger partial charge in [0, 0.05) is 0 Å². The van der Waals surface area contributed by atoms with Crippen LogP contribution in [-0.2, 0) is 5.41 Å². The predicted molar refractivity (Wildman–Crippen MR) is 72.7 cm³/mol. The van der Waals surface area contributed by atoms with Crippen LogP contribution in [0.25, 0.3) is 0 Å². The van der Waals surface area contributed by atoms with Crippen molar-refractivity contribution in [3.05, 3.63) is 29.3 Å². The van der Waals surface area contributed by atoms with Crippen molar-refractivity contribution in [3.8, 4) is 11.8 Å². The van der Waals surface area contributed by atoms with Crippen molar-refractivity contribution >= 4 is 0 Å². The number of nitriles is 1. The Morgan fingerprint density at radius 3 is 2.11 bits per heavy atom. The molecule has 0 amide bonds. The van der Waals surface area contributed by atoms with Gasteiger partial charge >= 0.3 is 0 Å². The van der Waals surface area contributed by atoms with Gasteiger partial charge in [0.1, 0.15) is 5.75 Å². The fraction of sp³-hybridized carbons (Fsp3) is 0.588. The van der Waals surface area contributed by atoms with E-state index in [4.69, 9.17) is 5.26 Å². The molecular weight excluding hydrogens is 234 g/mol. The van der Waals surface area contributed by atoms with Gasteiger partial charge in [-0.15, -0.1) is 0 Å². The Bertz CT molecular complexity index is 534. The zero-order valence-corrected chi connectivity index (χ0v) is 11.1. The van der Waals surface area contributed by atoms with Gasteiger partial charge in [-0.2, -0.15) is 5.26 Å². The molecule has 98 valence electrons. The van der Waals surface area contributed by atoms with Crippen LogP contribution in [0.3, 0.4) is 0 Å². The summed E-state index contributed by atoms with van der Waals surface area (Å²) in [6.07, 6.45) is 8.07. The first kappa shape index (κ1) is 11.3. The summed E-state index contributed by atoms with van der Waals surface area (Å²) in [5.41, 5.74) is 2.09. The molecule has 4 aliphatic carbocycles. The van der Waals surface area contributed by atoms with Gasteiger partial charge in [-0.1, -0.05) is 0 Å². The van der Waals surface area contributed by atoms with Crippen LogP contribution < -0.4 is 0 Å². The van der Waals surface area contributed by atoms with E-state index in [9.17, 15) is 5.11 Å². The third-order valence-electron chi connectivity index (χ3n) is 5.70. The smallest absolute Gasteiger partial charge is 0.117 e. The van der Waals surface area contributed by atoms with Crippen LogP contribution in [0.5, 0.6) is 5.75 Å². The molecule has 0 aliphatic heterocycles. The Balaban J connectivity index is 1.79. The maximum absolute atomic E-state index is 9.88. The monoisotopic (exact) mass is 253 g/mol. The highest BCUT2D eigenvalue weighted by molar-refractivity contribution is 5.44. The van der Waals surface area contributed by atoms with E-state index in [0.717, 1.165) is 17.8 Å². The van der Waals surface area contributed by atoms with Crippen molar-refractivity contribution in [2.75, 3.05) is 0 Å². The van der Waals surface area contributed by atoms with E-state index < -0.39 is 0 Å². The third kappa shape index (κ3) is 1.68. The zero-order valence-electron chi connectivity index (χ0n) is 11.1. The summed E-state index contributed by atoms with van der Waals surface area (Å²) in [4.78, 5) is 0. The van der Waals surface area contributed by atoms with Crippen LogP contribution >= 0.6 is 0 Å². The number of aromatic hydroxyl groups is 1. The molecule has 0 atom stereocenters. The highest BCUT2D eigenvalue weighted by atomic mass is 16.3. The lowest BCUT2D eigenvalue weighted by molar-refractivity contribution is -0.00528. The highest BCUT2D eigenvalue weighted by Crippen LogP contribution is 2.60. The number of rotatable bonds is 1. The molecule has 0 aromatic heterocycles. The Morgan fingerprint density at radius 1 is 1.00 bits per heavy atom. The molecule has 5 rings (SSSR count). The summed E-state index contributed by atoms with van der Waals surface area (Å²) >= 11 is 0. The van der Waals surface area contributed by atoms with Crippen LogP contribution in [0.2, 0.25) is 0 Å². The van der Waals surface area contributed by atoms with Gasteiger partial charge in [0.25, 0.3) is 0 Å². The van der Waals surface area contributed by atoms with Gasteiger partial charge in [0.2, 0.25) is 0 Å². The Kier molecular flexibility index (Phi) is 2.24. The molecule has 0 heterocycles. The summed E-state index contributed by atoms with van der Waals surface area (Å²) in [6, 6.07) is 7.69. The molecule has 19 heavy (non-hydrogen) atoms. The molecule has 1 aromatic carbocycles. The molecule has 1 aromatic rings. The van der Waals surface area contributed by atoms with Crippen LogP contribution in [0.15, 0.2) is 18.2 Å². The molecule has 4 fully saturated rings. The second-order valence-corrected chi connectivity index (χ2v) is 7.08. The second-order valence-electron chi connectivity index (χ2n) is 7.08. The minimum Gasteiger partial charge on any atom is -0.508 e. The molecule has 0 spiro atoms. The van der Waals surface area contributed by atoms with E-state index in [-0.39, 0.29) is 11.2 Å². The first-order valence-corrected chi connectivity index (χ1v) is 7.41. The molecule has 0 saturated heterocycles. The van der Waals surface area contributed by atoms with E-state index >= 15 is 0 Å². The van der Waals surface area contributed by atoms with Gasteiger partial charge in [-0.3, -0.25) is 0 Å². The van der Waals surface area contributed by atoms with E-state index in [2.05, 4.69) is 6.07 Å². The lowest BCUT2D eigenvalue weighted by atomic mass is 9.48. The normalized spacial score (nSPS) is 39.2. The minimum absolute atomic E-state index is 0.254. The fourth-order valence-electron chi connectivity index (χ4n) is 5.45. The molecule has 4 aliphatic rings. The van der Waals surface area contributed by atoms with E-state index in [0.29, 0.717) is 5.56 Å². The standard InChI is InChI=1S/C17H19NO/c18-10-14-4-15(6-16(19)5-14)17-7-11-1-12(8-17)3-13(2-11)9-17/h4-6,11-13,19H,1-3,7-9H2. The summed E-state index contributed by atoms with van der Waals surface area (Å²) < 4.78 is 0. The maximum atomic E-state index is 9.88. The van der Waals surface area contributed by atoms with Crippen LogP contribution in [0.1, 0.15) is 49.7 Å². The summed E-state index contributed by atoms with van der Waals surface area (Å²) in [5, 5.41) is 19.0. The van der Waals surface area contributed by atoms with E-state index in [1.807, 2.05) is 12.1 Å². The van der Waals surface area contributed by atoms with Crippen molar-refractivity contribution in [3.63, 3.8) is 0 Å². The van der Waals surface area contributed by atoms with E-state index in [1.54, 1.807) is 6.07 Å². The van der Waals surface area contributed by atoms with Crippen LogP contribution in [0, 0.1) is 29.1 Å². The van der Waals surface area contributed by atoms with Crippen LogP contribution in [-0.4, -0.2) is 5.11 Å². The molecule has 2 nitrogen and oxygen atoms in total. The zero-order chi connectivity index (χ0) is 13.0. The number of phenolic OH excluding ortho intramolecular Hbond substituents is 1. The number of hydrogen-bond acceptors (Lipinski definition) is 2. The molecule has 0 radical (unpaired) electrons. The SMILES string of the molecule is N#Cc1cc(O)cc(C23CC4CC(CC(C4)C2)C3)c1. The first-order chi connectivity index (χ1) is 9.17. The lowest BCUT2D eigenvalue weighted by Gasteiger charge is -2.57. The topological polar surface area (TPSA) is 44.0 Å². The molecule has 4 saturated carbocycles. The van der Waals surface area contributed by atoms with Crippen molar-refractivity contribution in [1.82, 2.24) is 0 Å². The first-order valence-electron chi connectivity index (χ1n) is 7.41. The van der Waals surface area contributed by atoms with Crippen molar-refractivity contribution in [2.45, 2.75) is 43.9 Å². The van der Waals surface area contributed by atoms with E-state index in [1.165, 1.54) is 44.1 Å². The second kappa shape index (κ2) is 3.76. The Labute approximate surface area is 114 Å². The summed E-state index contributed by atoms with van der Waals surface area (Å²) in [7, 11) is 0. The Morgan fingerprint density at radius 2 is 1.58 bits per heavy atom. The van der Waals surface area contributed by atoms with Crippen molar-refractivity contribution in [1.29, 1.82) is 5.26 Å². The van der Waals surface area contributed by atoms with Gasteiger partial charge in [-0.05, 0) is 85.5 Å². The number of phenols is 1. The maximum Gasteiger partial charge on any atom is 0.117 e. The average molecular weight is 253 g/mol. The van der Waals surface area contributed by atoms with Crippen molar-refractivity contribution in [2.24, 2.45) is 17.8 Å². The molecule has 1 N–H and O–H groups in total. The predicted octanol–water partition coefficient (Wildman–Crippen LogP) is 3.73. The van der Waals surface area contributed by atoms with Gasteiger partial charge < -0.3 is 5.11 Å².